The second kappa shape index (κ2) is 6.84. The predicted molar refractivity (Wildman–Crippen MR) is 94.0 cm³/mol. The predicted octanol–water partition coefficient (Wildman–Crippen LogP) is 2.93. The van der Waals surface area contributed by atoms with Crippen molar-refractivity contribution in [1.82, 2.24) is 15.1 Å². The molecule has 0 fully saturated rings. The third-order valence-corrected chi connectivity index (χ3v) is 4.05. The van der Waals surface area contributed by atoms with Crippen LogP contribution in [0.1, 0.15) is 18.5 Å². The minimum atomic E-state index is -0.182. The van der Waals surface area contributed by atoms with E-state index in [1.807, 2.05) is 25.1 Å². The lowest BCUT2D eigenvalue weighted by Gasteiger charge is -2.15. The van der Waals surface area contributed by atoms with Crippen molar-refractivity contribution in [2.24, 2.45) is 0 Å². The number of aromatic nitrogens is 2. The molecule has 0 aliphatic carbocycles. The molecule has 5 nitrogen and oxygen atoms in total. The first kappa shape index (κ1) is 16.2. The Bertz CT molecular complexity index is 935. The number of rotatable bonds is 4. The Hall–Kier alpha value is -2.66. The smallest absolute Gasteiger partial charge is 0.242 e. The fourth-order valence-electron chi connectivity index (χ4n) is 2.54. The van der Waals surface area contributed by atoms with Gasteiger partial charge in [-0.15, -0.1) is 0 Å². The summed E-state index contributed by atoms with van der Waals surface area (Å²) in [5.41, 5.74) is 1.45. The monoisotopic (exact) mass is 341 g/mol. The summed E-state index contributed by atoms with van der Waals surface area (Å²) in [5.74, 6) is -0.182. The number of hydrogen-bond acceptors (Lipinski definition) is 3. The minimum Gasteiger partial charge on any atom is -0.348 e. The quantitative estimate of drug-likeness (QED) is 0.793. The van der Waals surface area contributed by atoms with Gasteiger partial charge in [0.05, 0.1) is 17.8 Å². The van der Waals surface area contributed by atoms with E-state index in [0.29, 0.717) is 15.9 Å². The summed E-state index contributed by atoms with van der Waals surface area (Å²) < 4.78 is 1.53. The normalized spacial score (nSPS) is 12.1. The Morgan fingerprint density at radius 3 is 2.67 bits per heavy atom. The van der Waals surface area contributed by atoms with Crippen molar-refractivity contribution in [2.45, 2.75) is 19.5 Å². The molecule has 6 heteroatoms. The van der Waals surface area contributed by atoms with Crippen molar-refractivity contribution in [3.05, 3.63) is 75.5 Å². The van der Waals surface area contributed by atoms with Crippen LogP contribution in [0.4, 0.5) is 0 Å². The number of nitrogens with zero attached hydrogens (tertiary/aromatic N) is 2. The molecule has 0 spiro atoms. The molecule has 3 aromatic rings. The van der Waals surface area contributed by atoms with Crippen LogP contribution in [0.5, 0.6) is 0 Å². The van der Waals surface area contributed by atoms with Crippen LogP contribution in [0.3, 0.4) is 0 Å². The number of amides is 1. The average molecular weight is 342 g/mol. The van der Waals surface area contributed by atoms with Gasteiger partial charge in [-0.3, -0.25) is 14.3 Å². The van der Waals surface area contributed by atoms with E-state index in [-0.39, 0.29) is 23.9 Å². The second-order valence-corrected chi connectivity index (χ2v) is 5.96. The Morgan fingerprint density at radius 1 is 1.21 bits per heavy atom. The van der Waals surface area contributed by atoms with Crippen molar-refractivity contribution in [3.8, 4) is 0 Å². The van der Waals surface area contributed by atoms with E-state index in [0.717, 1.165) is 5.56 Å². The molecule has 24 heavy (non-hydrogen) atoms. The highest BCUT2D eigenvalue weighted by Crippen LogP contribution is 2.16. The highest BCUT2D eigenvalue weighted by atomic mass is 35.5. The van der Waals surface area contributed by atoms with E-state index in [1.54, 1.807) is 30.3 Å². The maximum atomic E-state index is 12.3. The Kier molecular flexibility index (Phi) is 4.62. The third-order valence-electron chi connectivity index (χ3n) is 3.80. The van der Waals surface area contributed by atoms with E-state index in [4.69, 9.17) is 11.6 Å². The zero-order valence-electron chi connectivity index (χ0n) is 13.1. The molecular weight excluding hydrogens is 326 g/mol. The summed E-state index contributed by atoms with van der Waals surface area (Å²) in [7, 11) is 0. The van der Waals surface area contributed by atoms with Gasteiger partial charge in [-0.1, -0.05) is 35.9 Å². The van der Waals surface area contributed by atoms with Crippen LogP contribution in [0.2, 0.25) is 5.02 Å². The summed E-state index contributed by atoms with van der Waals surface area (Å²) in [6, 6.07) is 14.3. The molecule has 3 rings (SSSR count). The first-order valence-electron chi connectivity index (χ1n) is 7.54. The van der Waals surface area contributed by atoms with Gasteiger partial charge in [0, 0.05) is 10.4 Å². The molecule has 0 radical (unpaired) electrons. The van der Waals surface area contributed by atoms with Gasteiger partial charge in [0.1, 0.15) is 6.54 Å². The van der Waals surface area contributed by atoms with Gasteiger partial charge in [-0.2, -0.15) is 5.10 Å². The lowest BCUT2D eigenvalue weighted by molar-refractivity contribution is -0.122. The number of halogens is 1. The molecule has 1 heterocycles. The van der Waals surface area contributed by atoms with E-state index < -0.39 is 0 Å². The molecule has 0 saturated heterocycles. The molecule has 2 aromatic carbocycles. The zero-order chi connectivity index (χ0) is 17.1. The van der Waals surface area contributed by atoms with Gasteiger partial charge in [0.2, 0.25) is 11.3 Å². The van der Waals surface area contributed by atoms with Gasteiger partial charge >= 0.3 is 0 Å². The Labute approximate surface area is 143 Å². The Balaban J connectivity index is 1.77. The van der Waals surface area contributed by atoms with E-state index in [1.165, 1.54) is 10.9 Å². The number of carbonyl (C=O) groups is 1. The molecule has 1 aromatic heterocycles. The number of benzene rings is 2. The summed E-state index contributed by atoms with van der Waals surface area (Å²) in [6.07, 6.45) is 1.23. The van der Waals surface area contributed by atoms with Crippen LogP contribution >= 0.6 is 11.6 Å². The van der Waals surface area contributed by atoms with E-state index in [9.17, 15) is 9.59 Å². The number of carbonyl (C=O) groups excluding carboxylic acids is 1. The minimum absolute atomic E-state index is 0.0404. The largest absolute Gasteiger partial charge is 0.348 e. The maximum absolute atomic E-state index is 12.3. The SMILES string of the molecule is C[C@@H](NC(=O)Cn1ncc(=O)c2ccccc21)c1ccc(Cl)cc1. The van der Waals surface area contributed by atoms with Gasteiger partial charge in [-0.05, 0) is 36.8 Å². The zero-order valence-corrected chi connectivity index (χ0v) is 13.8. The summed E-state index contributed by atoms with van der Waals surface area (Å²) in [6.45, 7) is 1.94. The lowest BCUT2D eigenvalue weighted by Crippen LogP contribution is -2.31. The standard InChI is InChI=1S/C18H16ClN3O2/c1-12(13-6-8-14(19)9-7-13)21-18(24)11-22-16-5-3-2-4-15(16)17(23)10-20-22/h2-10,12H,11H2,1H3,(H,21,24)/t12-/m1/s1. The Morgan fingerprint density at radius 2 is 1.92 bits per heavy atom. The van der Waals surface area contributed by atoms with Gasteiger partial charge in [0.25, 0.3) is 0 Å². The highest BCUT2D eigenvalue weighted by molar-refractivity contribution is 6.30. The first-order chi connectivity index (χ1) is 11.5. The van der Waals surface area contributed by atoms with E-state index >= 15 is 0 Å². The summed E-state index contributed by atoms with van der Waals surface area (Å²) >= 11 is 5.87. The average Bonchev–Trinajstić information content (AvgIpc) is 2.58. The number of para-hydroxylation sites is 1. The molecule has 0 saturated carbocycles. The van der Waals surface area contributed by atoms with Crippen molar-refractivity contribution in [1.29, 1.82) is 0 Å². The van der Waals surface area contributed by atoms with Crippen molar-refractivity contribution in [3.63, 3.8) is 0 Å². The molecule has 0 bridgehead atoms. The topological polar surface area (TPSA) is 64.0 Å². The number of fused-ring (bicyclic) bond motifs is 1. The number of nitrogens with one attached hydrogen (secondary N) is 1. The van der Waals surface area contributed by atoms with Crippen LogP contribution in [0.15, 0.2) is 59.5 Å². The fraction of sp³-hybridized carbons (Fsp3) is 0.167. The molecule has 0 aliphatic rings. The van der Waals surface area contributed by atoms with Crippen LogP contribution in [-0.4, -0.2) is 15.7 Å². The van der Waals surface area contributed by atoms with Crippen molar-refractivity contribution < 1.29 is 4.79 Å². The summed E-state index contributed by atoms with van der Waals surface area (Å²) in [4.78, 5) is 24.1. The molecule has 122 valence electrons. The molecule has 1 atom stereocenters. The van der Waals surface area contributed by atoms with Gasteiger partial charge in [-0.25, -0.2) is 0 Å². The van der Waals surface area contributed by atoms with Crippen LogP contribution < -0.4 is 10.7 Å². The van der Waals surface area contributed by atoms with Gasteiger partial charge < -0.3 is 5.32 Å². The molecule has 1 N–H and O–H groups in total. The second-order valence-electron chi connectivity index (χ2n) is 5.52. The van der Waals surface area contributed by atoms with E-state index in [2.05, 4.69) is 10.4 Å². The highest BCUT2D eigenvalue weighted by Gasteiger charge is 2.12. The van der Waals surface area contributed by atoms with Crippen molar-refractivity contribution >= 4 is 28.4 Å². The lowest BCUT2D eigenvalue weighted by atomic mass is 10.1. The van der Waals surface area contributed by atoms with Crippen LogP contribution in [0.25, 0.3) is 10.9 Å². The fourth-order valence-corrected chi connectivity index (χ4v) is 2.67. The molecule has 0 aliphatic heterocycles. The maximum Gasteiger partial charge on any atom is 0.242 e. The van der Waals surface area contributed by atoms with Crippen molar-refractivity contribution in [2.75, 3.05) is 0 Å². The van der Waals surface area contributed by atoms with Crippen LogP contribution in [-0.2, 0) is 11.3 Å². The molecular formula is C18H16ClN3O2. The van der Waals surface area contributed by atoms with Gasteiger partial charge in [0.15, 0.2) is 0 Å². The number of hydrogen-bond donors (Lipinski definition) is 1. The molecule has 1 amide bonds. The third kappa shape index (κ3) is 3.46. The van der Waals surface area contributed by atoms with Crippen LogP contribution in [0, 0.1) is 0 Å². The summed E-state index contributed by atoms with van der Waals surface area (Å²) in [5, 5.41) is 8.19. The molecule has 0 unspecified atom stereocenters. The first-order valence-corrected chi connectivity index (χ1v) is 7.92.